The Morgan fingerprint density at radius 2 is 2.05 bits per heavy atom. The Hall–Kier alpha value is -1.77. The van der Waals surface area contributed by atoms with Gasteiger partial charge in [0, 0.05) is 6.54 Å². The minimum absolute atomic E-state index is 0.203. The summed E-state index contributed by atoms with van der Waals surface area (Å²) in [6, 6.07) is 1.36. The zero-order valence-corrected chi connectivity index (χ0v) is 11.8. The number of hydrogen-bond acceptors (Lipinski definition) is 5. The van der Waals surface area contributed by atoms with Crippen LogP contribution in [-0.2, 0) is 14.3 Å². The fourth-order valence-corrected chi connectivity index (χ4v) is 1.91. The van der Waals surface area contributed by atoms with Gasteiger partial charge in [-0.25, -0.2) is 9.59 Å². The first-order chi connectivity index (χ1) is 8.78. The number of esters is 1. The Morgan fingerprint density at radius 1 is 1.42 bits per heavy atom. The van der Waals surface area contributed by atoms with Gasteiger partial charge in [0.05, 0.1) is 18.6 Å². The molecule has 1 heterocycles. The molecule has 0 aromatic carbocycles. The number of likely N-dealkylation sites (tertiary alicyclic amines) is 1. The van der Waals surface area contributed by atoms with Crippen molar-refractivity contribution in [3.63, 3.8) is 0 Å². The summed E-state index contributed by atoms with van der Waals surface area (Å²) >= 11 is 0. The number of carbonyl (C=O) groups is 2. The van der Waals surface area contributed by atoms with Crippen molar-refractivity contribution >= 4 is 12.1 Å². The first-order valence-corrected chi connectivity index (χ1v) is 6.34. The standard InChI is InChI=1S/C13H20N2O4/c1-5-18-11(16)10-6-9(7-14)8-15(10)12(17)19-13(2,3)4/h9-10H,5-6,8H2,1-4H3/t9-,10+/m1/s1. The Labute approximate surface area is 113 Å². The van der Waals surface area contributed by atoms with Crippen molar-refractivity contribution < 1.29 is 19.1 Å². The van der Waals surface area contributed by atoms with Crippen molar-refractivity contribution in [1.82, 2.24) is 4.90 Å². The van der Waals surface area contributed by atoms with E-state index in [9.17, 15) is 9.59 Å². The highest BCUT2D eigenvalue weighted by molar-refractivity contribution is 5.82. The molecule has 6 heteroatoms. The van der Waals surface area contributed by atoms with Gasteiger partial charge in [-0.1, -0.05) is 0 Å². The van der Waals surface area contributed by atoms with Crippen LogP contribution in [0, 0.1) is 17.2 Å². The van der Waals surface area contributed by atoms with Crippen LogP contribution < -0.4 is 0 Å². The maximum absolute atomic E-state index is 12.0. The fourth-order valence-electron chi connectivity index (χ4n) is 1.91. The van der Waals surface area contributed by atoms with E-state index in [0.717, 1.165) is 0 Å². The van der Waals surface area contributed by atoms with Crippen LogP contribution in [0.3, 0.4) is 0 Å². The van der Waals surface area contributed by atoms with Crippen molar-refractivity contribution in [2.24, 2.45) is 5.92 Å². The fraction of sp³-hybridized carbons (Fsp3) is 0.769. The Balaban J connectivity index is 2.80. The van der Waals surface area contributed by atoms with Crippen molar-refractivity contribution in [1.29, 1.82) is 5.26 Å². The van der Waals surface area contributed by atoms with Gasteiger partial charge in [0.25, 0.3) is 0 Å². The van der Waals surface area contributed by atoms with Gasteiger partial charge in [0.2, 0.25) is 0 Å². The third-order valence-corrected chi connectivity index (χ3v) is 2.67. The first-order valence-electron chi connectivity index (χ1n) is 6.34. The highest BCUT2D eigenvalue weighted by Gasteiger charge is 2.42. The second kappa shape index (κ2) is 5.91. The van der Waals surface area contributed by atoms with E-state index in [1.807, 2.05) is 0 Å². The van der Waals surface area contributed by atoms with Gasteiger partial charge < -0.3 is 9.47 Å². The number of ether oxygens (including phenoxy) is 2. The van der Waals surface area contributed by atoms with Crippen molar-refractivity contribution in [2.75, 3.05) is 13.2 Å². The summed E-state index contributed by atoms with van der Waals surface area (Å²) in [7, 11) is 0. The molecule has 0 aromatic heterocycles. The lowest BCUT2D eigenvalue weighted by molar-refractivity contribution is -0.148. The summed E-state index contributed by atoms with van der Waals surface area (Å²) in [6.07, 6.45) is -0.280. The van der Waals surface area contributed by atoms with Gasteiger partial charge in [-0.05, 0) is 34.1 Å². The molecule has 6 nitrogen and oxygen atoms in total. The monoisotopic (exact) mass is 268 g/mol. The molecule has 0 aromatic rings. The molecular weight excluding hydrogens is 248 g/mol. The lowest BCUT2D eigenvalue weighted by Crippen LogP contribution is -2.44. The molecule has 1 amide bonds. The number of nitrogens with zero attached hydrogens (tertiary/aromatic N) is 2. The van der Waals surface area contributed by atoms with Gasteiger partial charge >= 0.3 is 12.1 Å². The van der Waals surface area contributed by atoms with Gasteiger partial charge in [-0.15, -0.1) is 0 Å². The third kappa shape index (κ3) is 4.12. The molecule has 0 bridgehead atoms. The Bertz CT molecular complexity index is 394. The summed E-state index contributed by atoms with van der Waals surface area (Å²) in [5.74, 6) is -0.840. The molecule has 0 aliphatic carbocycles. The maximum Gasteiger partial charge on any atom is 0.411 e. The summed E-state index contributed by atoms with van der Waals surface area (Å²) in [5, 5.41) is 8.95. The molecule has 1 saturated heterocycles. The predicted octanol–water partition coefficient (Wildman–Crippen LogP) is 1.70. The van der Waals surface area contributed by atoms with Crippen LogP contribution in [0.4, 0.5) is 4.79 Å². The molecule has 1 fully saturated rings. The minimum atomic E-state index is -0.723. The zero-order chi connectivity index (χ0) is 14.6. The average molecular weight is 268 g/mol. The summed E-state index contributed by atoms with van der Waals surface area (Å²) in [4.78, 5) is 25.1. The van der Waals surface area contributed by atoms with Crippen LogP contribution in [0.2, 0.25) is 0 Å². The first kappa shape index (κ1) is 15.3. The topological polar surface area (TPSA) is 79.6 Å². The van der Waals surface area contributed by atoms with Crippen LogP contribution in [-0.4, -0.2) is 41.8 Å². The van der Waals surface area contributed by atoms with E-state index in [0.29, 0.717) is 6.42 Å². The van der Waals surface area contributed by atoms with E-state index in [1.54, 1.807) is 27.7 Å². The molecule has 19 heavy (non-hydrogen) atoms. The van der Waals surface area contributed by atoms with E-state index < -0.39 is 23.7 Å². The molecule has 0 spiro atoms. The van der Waals surface area contributed by atoms with Gasteiger partial charge in [-0.3, -0.25) is 4.90 Å². The van der Waals surface area contributed by atoms with E-state index >= 15 is 0 Å². The van der Waals surface area contributed by atoms with Crippen LogP contribution >= 0.6 is 0 Å². The molecule has 0 saturated carbocycles. The van der Waals surface area contributed by atoms with E-state index in [2.05, 4.69) is 6.07 Å². The zero-order valence-electron chi connectivity index (χ0n) is 11.8. The van der Waals surface area contributed by atoms with E-state index in [1.165, 1.54) is 4.90 Å². The van der Waals surface area contributed by atoms with E-state index in [4.69, 9.17) is 14.7 Å². The van der Waals surface area contributed by atoms with Crippen LogP contribution in [0.15, 0.2) is 0 Å². The molecule has 0 unspecified atom stereocenters. The molecule has 0 radical (unpaired) electrons. The van der Waals surface area contributed by atoms with Gasteiger partial charge in [0.15, 0.2) is 0 Å². The second-order valence-electron chi connectivity index (χ2n) is 5.46. The van der Waals surface area contributed by atoms with Crippen molar-refractivity contribution in [3.8, 4) is 6.07 Å². The molecule has 106 valence electrons. The second-order valence-corrected chi connectivity index (χ2v) is 5.46. The molecular formula is C13H20N2O4. The quantitative estimate of drug-likeness (QED) is 0.712. The summed E-state index contributed by atoms with van der Waals surface area (Å²) in [6.45, 7) is 7.41. The summed E-state index contributed by atoms with van der Waals surface area (Å²) in [5.41, 5.74) is -0.638. The largest absolute Gasteiger partial charge is 0.464 e. The van der Waals surface area contributed by atoms with Crippen LogP contribution in [0.25, 0.3) is 0 Å². The molecule has 2 atom stereocenters. The van der Waals surface area contributed by atoms with Crippen LogP contribution in [0.5, 0.6) is 0 Å². The van der Waals surface area contributed by atoms with Gasteiger partial charge in [0.1, 0.15) is 11.6 Å². The minimum Gasteiger partial charge on any atom is -0.464 e. The number of hydrogen-bond donors (Lipinski definition) is 0. The average Bonchev–Trinajstić information content (AvgIpc) is 2.71. The smallest absolute Gasteiger partial charge is 0.411 e. The normalized spacial score (nSPS) is 22.8. The predicted molar refractivity (Wildman–Crippen MR) is 67.1 cm³/mol. The molecule has 0 N–H and O–H groups in total. The molecule has 1 aliphatic heterocycles. The number of rotatable bonds is 2. The maximum atomic E-state index is 12.0. The number of amides is 1. The van der Waals surface area contributed by atoms with Crippen molar-refractivity contribution in [2.45, 2.75) is 45.8 Å². The number of nitriles is 1. The van der Waals surface area contributed by atoms with Gasteiger partial charge in [-0.2, -0.15) is 5.26 Å². The Morgan fingerprint density at radius 3 is 2.53 bits per heavy atom. The SMILES string of the molecule is CCOC(=O)[C@@H]1C[C@H](C#N)CN1C(=O)OC(C)(C)C. The van der Waals surface area contributed by atoms with Crippen LogP contribution in [0.1, 0.15) is 34.1 Å². The molecule has 1 rings (SSSR count). The highest BCUT2D eigenvalue weighted by atomic mass is 16.6. The third-order valence-electron chi connectivity index (χ3n) is 2.67. The van der Waals surface area contributed by atoms with E-state index in [-0.39, 0.29) is 19.1 Å². The number of carbonyl (C=O) groups excluding carboxylic acids is 2. The van der Waals surface area contributed by atoms with Crippen molar-refractivity contribution in [3.05, 3.63) is 0 Å². The molecule has 1 aliphatic rings. The lowest BCUT2D eigenvalue weighted by Gasteiger charge is -2.27. The Kier molecular flexibility index (Phi) is 4.76. The lowest BCUT2D eigenvalue weighted by atomic mass is 10.1. The summed E-state index contributed by atoms with van der Waals surface area (Å²) < 4.78 is 10.2. The highest BCUT2D eigenvalue weighted by Crippen LogP contribution is 2.25.